The fourth-order valence-electron chi connectivity index (χ4n) is 4.53. The molecule has 6 heteroatoms. The zero-order valence-electron chi connectivity index (χ0n) is 18.2. The van der Waals surface area contributed by atoms with Gasteiger partial charge in [0.2, 0.25) is 0 Å². The summed E-state index contributed by atoms with van der Waals surface area (Å²) in [6, 6.07) is 10.3. The highest BCUT2D eigenvalue weighted by atomic mass is 35.5. The first kappa shape index (κ1) is 22.3. The number of hydrogen-bond acceptors (Lipinski definition) is 5. The summed E-state index contributed by atoms with van der Waals surface area (Å²) in [5.74, 6) is 1.51. The molecule has 2 aromatic rings. The molecular weight excluding hydrogens is 410 g/mol. The first-order valence-corrected chi connectivity index (χ1v) is 11.8. The van der Waals surface area contributed by atoms with Gasteiger partial charge in [-0.2, -0.15) is 0 Å². The number of ether oxygens (including phenoxy) is 1. The van der Waals surface area contributed by atoms with E-state index in [9.17, 15) is 4.79 Å². The van der Waals surface area contributed by atoms with Crippen LogP contribution >= 0.6 is 11.6 Å². The zero-order chi connectivity index (χ0) is 21.6. The van der Waals surface area contributed by atoms with E-state index in [0.29, 0.717) is 23.3 Å². The van der Waals surface area contributed by atoms with Crippen LogP contribution in [0.15, 0.2) is 36.5 Å². The van der Waals surface area contributed by atoms with Crippen LogP contribution in [-0.2, 0) is 16.0 Å². The third-order valence-corrected chi connectivity index (χ3v) is 6.70. The molecule has 31 heavy (non-hydrogen) atoms. The van der Waals surface area contributed by atoms with E-state index in [0.717, 1.165) is 74.6 Å². The lowest BCUT2D eigenvalue weighted by Crippen LogP contribution is -2.39. The Morgan fingerprint density at radius 2 is 2.10 bits per heavy atom. The number of ketones is 1. The van der Waals surface area contributed by atoms with Crippen molar-refractivity contribution >= 4 is 23.1 Å². The van der Waals surface area contributed by atoms with Gasteiger partial charge in [0.05, 0.1) is 5.02 Å². The van der Waals surface area contributed by atoms with E-state index in [1.807, 2.05) is 12.1 Å². The zero-order valence-corrected chi connectivity index (χ0v) is 19.0. The van der Waals surface area contributed by atoms with Crippen LogP contribution in [-0.4, -0.2) is 43.6 Å². The van der Waals surface area contributed by atoms with Crippen molar-refractivity contribution in [2.45, 2.75) is 32.6 Å². The Balaban J connectivity index is 1.44. The summed E-state index contributed by atoms with van der Waals surface area (Å²) in [6.07, 6.45) is 5.19. The van der Waals surface area contributed by atoms with E-state index in [1.165, 1.54) is 0 Å². The van der Waals surface area contributed by atoms with Crippen LogP contribution < -0.4 is 10.6 Å². The van der Waals surface area contributed by atoms with Crippen molar-refractivity contribution in [3.63, 3.8) is 0 Å². The molecule has 1 aromatic heterocycles. The van der Waals surface area contributed by atoms with Gasteiger partial charge in [-0.1, -0.05) is 30.7 Å². The van der Waals surface area contributed by atoms with Crippen LogP contribution in [0.2, 0.25) is 5.02 Å². The van der Waals surface area contributed by atoms with E-state index in [1.54, 1.807) is 6.20 Å². The van der Waals surface area contributed by atoms with Crippen molar-refractivity contribution < 1.29 is 9.53 Å². The van der Waals surface area contributed by atoms with Crippen molar-refractivity contribution in [2.24, 2.45) is 17.8 Å². The maximum atomic E-state index is 12.8. The number of benzene rings is 1. The van der Waals surface area contributed by atoms with E-state index in [4.69, 9.17) is 16.3 Å². The molecule has 3 heterocycles. The molecule has 0 spiro atoms. The molecule has 0 saturated carbocycles. The minimum absolute atomic E-state index is 0.0717. The highest BCUT2D eigenvalue weighted by Gasteiger charge is 2.25. The average Bonchev–Trinajstić information content (AvgIpc) is 2.80. The summed E-state index contributed by atoms with van der Waals surface area (Å²) in [6.45, 7) is 6.61. The summed E-state index contributed by atoms with van der Waals surface area (Å²) in [4.78, 5) is 17.2. The summed E-state index contributed by atoms with van der Waals surface area (Å²) >= 11 is 6.49. The van der Waals surface area contributed by atoms with Gasteiger partial charge < -0.3 is 15.4 Å². The molecule has 0 amide bonds. The van der Waals surface area contributed by atoms with E-state index in [2.05, 4.69) is 40.7 Å². The Hall–Kier alpha value is -1.95. The van der Waals surface area contributed by atoms with Crippen LogP contribution in [0.25, 0.3) is 11.1 Å². The van der Waals surface area contributed by atoms with Crippen molar-refractivity contribution in [3.8, 4) is 11.1 Å². The third-order valence-electron chi connectivity index (χ3n) is 6.40. The Kier molecular flexibility index (Phi) is 7.59. The molecule has 4 rings (SSSR count). The molecule has 1 aromatic carbocycles. The molecule has 2 atom stereocenters. The Morgan fingerprint density at radius 3 is 2.90 bits per heavy atom. The number of pyridine rings is 1. The van der Waals surface area contributed by atoms with Gasteiger partial charge in [-0.15, -0.1) is 0 Å². The first-order valence-electron chi connectivity index (χ1n) is 11.4. The highest BCUT2D eigenvalue weighted by Crippen LogP contribution is 2.30. The molecular formula is C25H32ClN3O2. The maximum absolute atomic E-state index is 12.8. The summed E-state index contributed by atoms with van der Waals surface area (Å²) in [7, 11) is 0. The minimum Gasteiger partial charge on any atom is -0.385 e. The molecule has 5 nitrogen and oxygen atoms in total. The van der Waals surface area contributed by atoms with E-state index < -0.39 is 0 Å². The van der Waals surface area contributed by atoms with Crippen molar-refractivity contribution in [1.29, 1.82) is 0 Å². The fraction of sp³-hybridized carbons (Fsp3) is 0.520. The quantitative estimate of drug-likeness (QED) is 0.657. The Bertz CT molecular complexity index is 898. The number of aromatic nitrogens is 1. The van der Waals surface area contributed by atoms with E-state index >= 15 is 0 Å². The van der Waals surface area contributed by atoms with Crippen LogP contribution in [0.4, 0.5) is 5.69 Å². The van der Waals surface area contributed by atoms with Gasteiger partial charge in [-0.3, -0.25) is 9.78 Å². The van der Waals surface area contributed by atoms with Crippen LogP contribution in [0.1, 0.15) is 31.9 Å². The normalized spacial score (nSPS) is 22.3. The lowest BCUT2D eigenvalue weighted by atomic mass is 9.87. The third kappa shape index (κ3) is 6.06. The van der Waals surface area contributed by atoms with Crippen molar-refractivity contribution in [1.82, 2.24) is 10.3 Å². The molecule has 0 radical (unpaired) electrons. The minimum atomic E-state index is 0.0717. The monoisotopic (exact) mass is 441 g/mol. The van der Waals surface area contributed by atoms with Gasteiger partial charge in [0, 0.05) is 61.8 Å². The van der Waals surface area contributed by atoms with Gasteiger partial charge in [0.25, 0.3) is 0 Å². The Labute approximate surface area is 189 Å². The molecule has 2 aliphatic rings. The molecule has 2 saturated heterocycles. The first-order chi connectivity index (χ1) is 15.1. The summed E-state index contributed by atoms with van der Waals surface area (Å²) < 4.78 is 5.45. The highest BCUT2D eigenvalue weighted by molar-refractivity contribution is 6.33. The number of carbonyl (C=O) groups is 1. The number of nitrogens with zero attached hydrogens (tertiary/aromatic N) is 1. The number of hydrogen-bond donors (Lipinski definition) is 2. The fourth-order valence-corrected chi connectivity index (χ4v) is 4.75. The largest absolute Gasteiger partial charge is 0.385 e. The molecule has 0 unspecified atom stereocenters. The van der Waals surface area contributed by atoms with Gasteiger partial charge in [0.15, 0.2) is 0 Å². The number of anilines is 1. The second-order valence-electron chi connectivity index (χ2n) is 9.01. The number of halogens is 1. The smallest absolute Gasteiger partial charge is 0.143 e. The van der Waals surface area contributed by atoms with E-state index in [-0.39, 0.29) is 11.7 Å². The van der Waals surface area contributed by atoms with Crippen LogP contribution in [0, 0.1) is 17.8 Å². The average molecular weight is 442 g/mol. The van der Waals surface area contributed by atoms with Gasteiger partial charge in [-0.25, -0.2) is 0 Å². The lowest BCUT2D eigenvalue weighted by molar-refractivity contribution is -0.123. The SMILES string of the molecule is C[C@@H]1CNC[C@@H](C(=O)Cc2cc(-c3cccc(NCC4CCOCC4)c3)c(Cl)cn2)C1. The van der Waals surface area contributed by atoms with Gasteiger partial charge in [0.1, 0.15) is 5.78 Å². The molecule has 2 aliphatic heterocycles. The molecule has 166 valence electrons. The molecule has 2 N–H and O–H groups in total. The number of piperidine rings is 1. The number of carbonyl (C=O) groups excluding carboxylic acids is 1. The topological polar surface area (TPSA) is 63.2 Å². The maximum Gasteiger partial charge on any atom is 0.143 e. The molecule has 0 bridgehead atoms. The second kappa shape index (κ2) is 10.6. The van der Waals surface area contributed by atoms with Crippen LogP contribution in [0.5, 0.6) is 0 Å². The van der Waals surface area contributed by atoms with Gasteiger partial charge in [-0.05, 0) is 61.4 Å². The predicted molar refractivity (Wildman–Crippen MR) is 126 cm³/mol. The second-order valence-corrected chi connectivity index (χ2v) is 9.42. The Morgan fingerprint density at radius 1 is 1.26 bits per heavy atom. The number of nitrogens with one attached hydrogen (secondary N) is 2. The predicted octanol–water partition coefficient (Wildman–Crippen LogP) is 4.60. The van der Waals surface area contributed by atoms with Crippen molar-refractivity contribution in [2.75, 3.05) is 38.2 Å². The van der Waals surface area contributed by atoms with Gasteiger partial charge >= 0.3 is 0 Å². The standard InChI is InChI=1S/C25H32ClN3O2/c1-17-9-20(15-27-13-17)25(30)12-22-11-23(24(26)16-29-22)19-3-2-4-21(10-19)28-14-18-5-7-31-8-6-18/h2-4,10-11,16-18,20,27-28H,5-9,12-15H2,1H3/t17-,20-/m0/s1. The summed E-state index contributed by atoms with van der Waals surface area (Å²) in [5, 5.41) is 7.53. The molecule has 2 fully saturated rings. The number of rotatable bonds is 7. The molecule has 0 aliphatic carbocycles. The van der Waals surface area contributed by atoms with Crippen molar-refractivity contribution in [3.05, 3.63) is 47.2 Å². The van der Waals surface area contributed by atoms with Crippen LogP contribution in [0.3, 0.4) is 0 Å². The summed E-state index contributed by atoms with van der Waals surface area (Å²) in [5.41, 5.74) is 3.82. The lowest BCUT2D eigenvalue weighted by Gasteiger charge is -2.26. The number of Topliss-reactive ketones (excluding diaryl/α,β-unsaturated/α-hetero) is 1.